The molecule has 6 unspecified atom stereocenters. The summed E-state index contributed by atoms with van der Waals surface area (Å²) < 4.78 is 28.4. The summed E-state index contributed by atoms with van der Waals surface area (Å²) in [5, 5.41) is 31.6. The predicted molar refractivity (Wildman–Crippen MR) is 358 cm³/mol. The molecule has 1 heterocycles. The second kappa shape index (κ2) is 60.1. The summed E-state index contributed by atoms with van der Waals surface area (Å²) in [6.45, 7) is 5.58. The highest BCUT2D eigenvalue weighted by molar-refractivity contribution is 5.74. The molecule has 1 fully saturated rings. The molecule has 0 aromatic rings. The topological polar surface area (TPSA) is 175 Å². The number of aliphatic hydroxyl groups excluding tert-OH is 2. The van der Waals surface area contributed by atoms with Crippen molar-refractivity contribution in [2.75, 3.05) is 13.2 Å². The molecule has 1 aliphatic heterocycles. The van der Waals surface area contributed by atoms with E-state index in [-0.39, 0.29) is 25.9 Å². The maximum atomic E-state index is 13.2. The van der Waals surface area contributed by atoms with E-state index in [9.17, 15) is 34.5 Å². The van der Waals surface area contributed by atoms with Gasteiger partial charge in [-0.05, 0) is 154 Å². The second-order valence-electron chi connectivity index (χ2n) is 21.2. The van der Waals surface area contributed by atoms with Crippen LogP contribution in [0, 0.1) is 0 Å². The van der Waals surface area contributed by atoms with Crippen molar-refractivity contribution in [3.8, 4) is 0 Å². The molecule has 3 N–H and O–H groups in total. The standard InChI is InChI=1S/C75H112O12/c1-4-7-10-13-16-19-22-25-28-31-34-37-40-43-46-49-52-55-58-61-67(76)83-64-66(85-68(77)62-59-56-53-50-47-44-41-38-35-32-29-26-23-20-17-14-11-8-5-2)65-84-75-73(71(80)70(79)72(87-75)74(81)82)86-69(78)63-60-57-54-51-48-45-42-39-36-33-30-27-24-21-18-15-12-9-6-3/h7-12,16-21,25-30,34-39,43-48,66,70-73,75,79-80H,4-6,13-15,22-24,31-33,40-42,49-65H2,1-3H3,(H,81,82)/b10-7-,11-8-,12-9-,19-16-,20-17-,21-18-,28-25-,29-26-,30-27-,37-34-,38-35-,39-36-,46-43-,47-44-,48-45-. The van der Waals surface area contributed by atoms with Gasteiger partial charge in [0, 0.05) is 19.3 Å². The van der Waals surface area contributed by atoms with Crippen LogP contribution in [0.25, 0.3) is 0 Å². The summed E-state index contributed by atoms with van der Waals surface area (Å²) in [5.74, 6) is -3.28. The predicted octanol–water partition coefficient (Wildman–Crippen LogP) is 18.0. The molecule has 6 atom stereocenters. The van der Waals surface area contributed by atoms with Crippen LogP contribution in [0.2, 0.25) is 0 Å². The molecule has 0 spiro atoms. The zero-order valence-electron chi connectivity index (χ0n) is 53.4. The van der Waals surface area contributed by atoms with Crippen LogP contribution in [0.4, 0.5) is 0 Å². The van der Waals surface area contributed by atoms with E-state index in [1.54, 1.807) is 0 Å². The van der Waals surface area contributed by atoms with Gasteiger partial charge >= 0.3 is 23.9 Å². The number of carboxylic acid groups (broad SMARTS) is 1. The van der Waals surface area contributed by atoms with Crippen LogP contribution in [0.3, 0.4) is 0 Å². The van der Waals surface area contributed by atoms with E-state index < -0.39 is 67.3 Å². The summed E-state index contributed by atoms with van der Waals surface area (Å²) in [6, 6.07) is 0. The van der Waals surface area contributed by atoms with Crippen LogP contribution < -0.4 is 0 Å². The number of ether oxygens (including phenoxy) is 5. The number of hydrogen-bond donors (Lipinski definition) is 3. The number of rotatable bonds is 53. The maximum Gasteiger partial charge on any atom is 0.335 e. The van der Waals surface area contributed by atoms with E-state index in [0.29, 0.717) is 19.3 Å². The van der Waals surface area contributed by atoms with E-state index in [0.717, 1.165) is 154 Å². The number of esters is 3. The highest BCUT2D eigenvalue weighted by atomic mass is 16.7. The summed E-state index contributed by atoms with van der Waals surface area (Å²) in [4.78, 5) is 51.4. The van der Waals surface area contributed by atoms with Crippen molar-refractivity contribution in [3.05, 3.63) is 182 Å². The SMILES string of the molecule is CC/C=C\C/C=C\C/C=C\C/C=C\C/C=C\CCCCCC(=O)OCC(COC1OC(C(=O)O)C(O)C(O)C1OC(=O)CCCCC/C=C\C/C=C\C/C=C\C/C=C\C/C=C\CC)OC(=O)CCCCC/C=C\C/C=C\C/C=C\C/C=C\C/C=C\CC. The summed E-state index contributed by atoms with van der Waals surface area (Å²) >= 11 is 0. The van der Waals surface area contributed by atoms with Gasteiger partial charge in [-0.15, -0.1) is 0 Å². The molecule has 1 saturated heterocycles. The first-order chi connectivity index (χ1) is 42.6. The van der Waals surface area contributed by atoms with Gasteiger partial charge in [0.05, 0.1) is 6.61 Å². The van der Waals surface area contributed by atoms with Crippen LogP contribution in [-0.2, 0) is 42.9 Å². The van der Waals surface area contributed by atoms with Crippen molar-refractivity contribution in [1.29, 1.82) is 0 Å². The lowest BCUT2D eigenvalue weighted by atomic mass is 9.98. The van der Waals surface area contributed by atoms with E-state index in [1.807, 2.05) is 0 Å². The summed E-state index contributed by atoms with van der Waals surface area (Å²) in [7, 11) is 0. The summed E-state index contributed by atoms with van der Waals surface area (Å²) in [5.41, 5.74) is 0. The minimum absolute atomic E-state index is 0.00193. The highest BCUT2D eigenvalue weighted by Crippen LogP contribution is 2.26. The fourth-order valence-corrected chi connectivity index (χ4v) is 8.56. The van der Waals surface area contributed by atoms with Crippen molar-refractivity contribution in [3.63, 3.8) is 0 Å². The zero-order valence-corrected chi connectivity index (χ0v) is 53.4. The van der Waals surface area contributed by atoms with Crippen LogP contribution in [0.15, 0.2) is 182 Å². The Labute approximate surface area is 525 Å². The Morgan fingerprint density at radius 3 is 1.02 bits per heavy atom. The van der Waals surface area contributed by atoms with Crippen LogP contribution >= 0.6 is 0 Å². The monoisotopic (exact) mass is 1200 g/mol. The number of aliphatic hydroxyl groups is 2. The van der Waals surface area contributed by atoms with E-state index >= 15 is 0 Å². The van der Waals surface area contributed by atoms with E-state index in [1.165, 1.54) is 0 Å². The number of carboxylic acids is 1. The first-order valence-corrected chi connectivity index (χ1v) is 32.8. The first kappa shape index (κ1) is 78.8. The Bertz CT molecular complexity index is 2210. The quantitative estimate of drug-likeness (QED) is 0.0228. The van der Waals surface area contributed by atoms with Gasteiger partial charge in [0.2, 0.25) is 0 Å². The van der Waals surface area contributed by atoms with Crippen molar-refractivity contribution >= 4 is 23.9 Å². The molecule has 0 amide bonds. The van der Waals surface area contributed by atoms with Gasteiger partial charge in [0.25, 0.3) is 0 Å². The molecule has 1 rings (SSSR count). The lowest BCUT2D eigenvalue weighted by Crippen LogP contribution is -2.61. The minimum atomic E-state index is -1.94. The minimum Gasteiger partial charge on any atom is -0.479 e. The molecule has 0 radical (unpaired) electrons. The normalized spacial score (nSPS) is 18.6. The molecule has 0 aliphatic carbocycles. The average Bonchev–Trinajstić information content (AvgIpc) is 2.56. The molecular weight excluding hydrogens is 1090 g/mol. The van der Waals surface area contributed by atoms with Crippen molar-refractivity contribution < 1.29 is 58.2 Å². The Kier molecular flexibility index (Phi) is 54.5. The third-order valence-electron chi connectivity index (χ3n) is 13.5. The van der Waals surface area contributed by atoms with Gasteiger partial charge in [-0.1, -0.05) is 222 Å². The van der Waals surface area contributed by atoms with Crippen molar-refractivity contribution in [1.82, 2.24) is 0 Å². The zero-order chi connectivity index (χ0) is 63.1. The molecule has 87 heavy (non-hydrogen) atoms. The van der Waals surface area contributed by atoms with Gasteiger partial charge in [0.15, 0.2) is 24.6 Å². The smallest absolute Gasteiger partial charge is 0.335 e. The van der Waals surface area contributed by atoms with Crippen LogP contribution in [0.1, 0.15) is 213 Å². The number of unbranched alkanes of at least 4 members (excludes halogenated alkanes) is 9. The Morgan fingerprint density at radius 1 is 0.379 bits per heavy atom. The number of carbonyl (C=O) groups is 4. The van der Waals surface area contributed by atoms with Gasteiger partial charge in [-0.2, -0.15) is 0 Å². The second-order valence-corrected chi connectivity index (χ2v) is 21.2. The number of carbonyl (C=O) groups excluding carboxylic acids is 3. The molecular formula is C75H112O12. The van der Waals surface area contributed by atoms with E-state index in [2.05, 4.69) is 203 Å². The van der Waals surface area contributed by atoms with Crippen molar-refractivity contribution in [2.45, 2.75) is 250 Å². The largest absolute Gasteiger partial charge is 0.479 e. The third-order valence-corrected chi connectivity index (χ3v) is 13.5. The molecule has 1 aliphatic rings. The molecule has 484 valence electrons. The highest BCUT2D eigenvalue weighted by Gasteiger charge is 2.50. The fraction of sp³-hybridized carbons (Fsp3) is 0.547. The molecule has 0 saturated carbocycles. The van der Waals surface area contributed by atoms with Gasteiger partial charge < -0.3 is 39.0 Å². The van der Waals surface area contributed by atoms with Gasteiger partial charge in [0.1, 0.15) is 18.8 Å². The lowest BCUT2D eigenvalue weighted by Gasteiger charge is -2.40. The first-order valence-electron chi connectivity index (χ1n) is 32.8. The Hall–Kier alpha value is -6.18. The maximum absolute atomic E-state index is 13.2. The molecule has 12 heteroatoms. The summed E-state index contributed by atoms with van der Waals surface area (Å²) in [6.07, 6.45) is 78.4. The Morgan fingerprint density at radius 2 is 0.690 bits per heavy atom. The number of allylic oxidation sites excluding steroid dienone is 30. The molecule has 0 aromatic carbocycles. The number of hydrogen-bond acceptors (Lipinski definition) is 11. The van der Waals surface area contributed by atoms with Crippen LogP contribution in [-0.4, -0.2) is 89.2 Å². The molecule has 0 bridgehead atoms. The van der Waals surface area contributed by atoms with Crippen LogP contribution in [0.5, 0.6) is 0 Å². The van der Waals surface area contributed by atoms with Crippen molar-refractivity contribution in [2.24, 2.45) is 0 Å². The van der Waals surface area contributed by atoms with Gasteiger partial charge in [-0.3, -0.25) is 14.4 Å². The molecule has 0 aromatic heterocycles. The Balaban J connectivity index is 2.75. The molecule has 12 nitrogen and oxygen atoms in total. The number of aliphatic carboxylic acids is 1. The van der Waals surface area contributed by atoms with Gasteiger partial charge in [-0.25, -0.2) is 4.79 Å². The lowest BCUT2D eigenvalue weighted by molar-refractivity contribution is -0.301. The van der Waals surface area contributed by atoms with E-state index in [4.69, 9.17) is 23.7 Å². The third kappa shape index (κ3) is 49.5. The average molecular weight is 1210 g/mol. The fourth-order valence-electron chi connectivity index (χ4n) is 8.56.